The first kappa shape index (κ1) is 16.7. The molecule has 1 aromatic rings. The monoisotopic (exact) mass is 341 g/mol. The summed E-state index contributed by atoms with van der Waals surface area (Å²) in [6.45, 7) is 1.09. The van der Waals surface area contributed by atoms with Gasteiger partial charge in [0.1, 0.15) is 0 Å². The quantitative estimate of drug-likeness (QED) is 0.791. The molecule has 1 fully saturated rings. The van der Waals surface area contributed by atoms with Gasteiger partial charge in [0.25, 0.3) is 6.47 Å². The Morgan fingerprint density at radius 1 is 1.40 bits per heavy atom. The van der Waals surface area contributed by atoms with Crippen molar-refractivity contribution in [2.24, 2.45) is 5.92 Å². The lowest BCUT2D eigenvalue weighted by atomic mass is 9.84. The van der Waals surface area contributed by atoms with Crippen LogP contribution in [0.15, 0.2) is 28.7 Å². The van der Waals surface area contributed by atoms with E-state index in [2.05, 4.69) is 32.8 Å². The number of ether oxygens (including phenoxy) is 1. The fraction of sp³-hybridized carbons (Fsp3) is 0.467. The molecule has 0 aromatic heterocycles. The number of rotatable bonds is 4. The van der Waals surface area contributed by atoms with E-state index < -0.39 is 0 Å². The van der Waals surface area contributed by atoms with E-state index in [1.54, 1.807) is 0 Å². The van der Waals surface area contributed by atoms with E-state index in [0.717, 1.165) is 17.3 Å². The van der Waals surface area contributed by atoms with Gasteiger partial charge in [0.05, 0.1) is 7.11 Å². The largest absolute Gasteiger partial charge is 0.471 e. The summed E-state index contributed by atoms with van der Waals surface area (Å²) in [4.78, 5) is 22.7. The smallest absolute Gasteiger partial charge is 0.292 e. The molecule has 0 saturated heterocycles. The van der Waals surface area contributed by atoms with Crippen LogP contribution in [-0.2, 0) is 20.9 Å². The summed E-state index contributed by atoms with van der Waals surface area (Å²) >= 11 is 3.40. The predicted molar refractivity (Wildman–Crippen MR) is 81.0 cm³/mol. The molecule has 110 valence electrons. The van der Waals surface area contributed by atoms with E-state index in [0.29, 0.717) is 24.8 Å². The number of hydrogen-bond donors (Lipinski definition) is 0. The topological polar surface area (TPSA) is 46.6 Å². The summed E-state index contributed by atoms with van der Waals surface area (Å²) in [7, 11) is 3.20. The second kappa shape index (κ2) is 8.74. The number of hydrogen-bond acceptors (Lipinski definition) is 3. The molecule has 5 heteroatoms. The van der Waals surface area contributed by atoms with Crippen molar-refractivity contribution in [3.05, 3.63) is 34.3 Å². The van der Waals surface area contributed by atoms with Gasteiger partial charge in [-0.2, -0.15) is 0 Å². The Labute approximate surface area is 128 Å². The van der Waals surface area contributed by atoms with Crippen LogP contribution in [0.2, 0.25) is 0 Å². The molecule has 1 amide bonds. The molecule has 0 aliphatic heterocycles. The van der Waals surface area contributed by atoms with E-state index >= 15 is 0 Å². The minimum absolute atomic E-state index is 0.292. The molecule has 0 spiro atoms. The van der Waals surface area contributed by atoms with Crippen molar-refractivity contribution in [3.8, 4) is 0 Å². The first-order valence-electron chi connectivity index (χ1n) is 6.54. The molecule has 1 aromatic carbocycles. The first-order valence-corrected chi connectivity index (χ1v) is 7.33. The van der Waals surface area contributed by atoms with Gasteiger partial charge in [0.15, 0.2) is 0 Å². The van der Waals surface area contributed by atoms with Gasteiger partial charge in [-0.25, -0.2) is 0 Å². The van der Waals surface area contributed by atoms with Crippen LogP contribution >= 0.6 is 15.9 Å². The van der Waals surface area contributed by atoms with Crippen LogP contribution in [0.3, 0.4) is 0 Å². The Balaban J connectivity index is 0.000000444. The third kappa shape index (κ3) is 5.33. The fourth-order valence-electron chi connectivity index (χ4n) is 1.91. The normalized spacial score (nSPS) is 13.6. The Hall–Kier alpha value is -1.36. The zero-order valence-electron chi connectivity index (χ0n) is 11.8. The molecule has 2 rings (SSSR count). The van der Waals surface area contributed by atoms with E-state index in [-0.39, 0.29) is 0 Å². The number of carbonyl (C=O) groups excluding carboxylic acids is 2. The number of amides is 1. The van der Waals surface area contributed by atoms with Gasteiger partial charge in [0, 0.05) is 24.0 Å². The lowest BCUT2D eigenvalue weighted by Crippen LogP contribution is -2.35. The second-order valence-corrected chi connectivity index (χ2v) is 5.70. The van der Waals surface area contributed by atoms with Gasteiger partial charge in [-0.05, 0) is 30.5 Å². The maximum atomic E-state index is 11.9. The minimum atomic E-state index is 0.292. The predicted octanol–water partition coefficient (Wildman–Crippen LogP) is 3.00. The highest BCUT2D eigenvalue weighted by atomic mass is 79.9. The number of benzene rings is 1. The molecule has 0 atom stereocenters. The molecular weight excluding hydrogens is 322 g/mol. The Morgan fingerprint density at radius 3 is 2.35 bits per heavy atom. The molecule has 4 nitrogen and oxygen atoms in total. The van der Waals surface area contributed by atoms with Crippen LogP contribution in [0.4, 0.5) is 0 Å². The van der Waals surface area contributed by atoms with Crippen LogP contribution < -0.4 is 0 Å². The molecule has 1 aliphatic carbocycles. The Kier molecular flexibility index (Phi) is 7.30. The molecular formula is C15H20BrNO3. The van der Waals surface area contributed by atoms with E-state index in [4.69, 9.17) is 4.79 Å². The second-order valence-electron chi connectivity index (χ2n) is 4.78. The van der Waals surface area contributed by atoms with Gasteiger partial charge < -0.3 is 9.64 Å². The molecule has 20 heavy (non-hydrogen) atoms. The fourth-order valence-corrected chi connectivity index (χ4v) is 2.17. The average Bonchev–Trinajstić information content (AvgIpc) is 2.39. The van der Waals surface area contributed by atoms with Gasteiger partial charge in [-0.15, -0.1) is 0 Å². The Bertz CT molecular complexity index is 429. The van der Waals surface area contributed by atoms with Crippen LogP contribution in [-0.4, -0.2) is 31.4 Å². The highest BCUT2D eigenvalue weighted by molar-refractivity contribution is 9.10. The SMILES string of the molecule is CN(Cc1ccc(Br)cc1)C(=O)C1CCC1.COC=O. The zero-order valence-corrected chi connectivity index (χ0v) is 13.4. The van der Waals surface area contributed by atoms with Crippen molar-refractivity contribution in [3.63, 3.8) is 0 Å². The molecule has 0 radical (unpaired) electrons. The summed E-state index contributed by atoms with van der Waals surface area (Å²) in [5, 5.41) is 0. The molecule has 1 saturated carbocycles. The third-order valence-electron chi connectivity index (χ3n) is 3.26. The van der Waals surface area contributed by atoms with Crippen molar-refractivity contribution in [2.45, 2.75) is 25.8 Å². The minimum Gasteiger partial charge on any atom is -0.471 e. The van der Waals surface area contributed by atoms with Gasteiger partial charge in [-0.1, -0.05) is 34.5 Å². The molecule has 0 unspecified atom stereocenters. The van der Waals surface area contributed by atoms with Crippen LogP contribution in [0.25, 0.3) is 0 Å². The summed E-state index contributed by atoms with van der Waals surface area (Å²) in [6, 6.07) is 8.12. The van der Waals surface area contributed by atoms with E-state index in [1.165, 1.54) is 19.1 Å². The van der Waals surface area contributed by atoms with Gasteiger partial charge >= 0.3 is 0 Å². The molecule has 0 heterocycles. The maximum absolute atomic E-state index is 11.9. The lowest BCUT2D eigenvalue weighted by molar-refractivity contribution is -0.137. The van der Waals surface area contributed by atoms with Crippen LogP contribution in [0.1, 0.15) is 24.8 Å². The number of halogens is 1. The highest BCUT2D eigenvalue weighted by Crippen LogP contribution is 2.28. The molecule has 0 N–H and O–H groups in total. The van der Waals surface area contributed by atoms with E-state index in [1.807, 2.05) is 24.1 Å². The first-order chi connectivity index (χ1) is 9.58. The standard InChI is InChI=1S/C13H16BrNO.C2H4O2/c1-15(13(16)11-3-2-4-11)9-10-5-7-12(14)8-6-10;1-4-2-3/h5-8,11H,2-4,9H2,1H3;2H,1H3. The lowest BCUT2D eigenvalue weighted by Gasteiger charge is -2.29. The Morgan fingerprint density at radius 2 is 1.95 bits per heavy atom. The van der Waals surface area contributed by atoms with Crippen molar-refractivity contribution in [2.75, 3.05) is 14.2 Å². The zero-order chi connectivity index (χ0) is 15.0. The van der Waals surface area contributed by atoms with Crippen molar-refractivity contribution < 1.29 is 14.3 Å². The summed E-state index contributed by atoms with van der Waals surface area (Å²) in [5.41, 5.74) is 1.18. The van der Waals surface area contributed by atoms with Gasteiger partial charge in [0.2, 0.25) is 5.91 Å². The summed E-state index contributed by atoms with van der Waals surface area (Å²) < 4.78 is 4.93. The van der Waals surface area contributed by atoms with Crippen LogP contribution in [0.5, 0.6) is 0 Å². The number of nitrogens with zero attached hydrogens (tertiary/aromatic N) is 1. The van der Waals surface area contributed by atoms with Crippen molar-refractivity contribution >= 4 is 28.3 Å². The number of methoxy groups -OCH3 is 1. The summed E-state index contributed by atoms with van der Waals surface area (Å²) in [6.07, 6.45) is 3.36. The average molecular weight is 342 g/mol. The number of carbonyl (C=O) groups is 2. The maximum Gasteiger partial charge on any atom is 0.292 e. The molecule has 0 bridgehead atoms. The van der Waals surface area contributed by atoms with Gasteiger partial charge in [-0.3, -0.25) is 9.59 Å². The molecule has 1 aliphatic rings. The summed E-state index contributed by atoms with van der Waals surface area (Å²) in [5.74, 6) is 0.592. The van der Waals surface area contributed by atoms with Crippen LogP contribution in [0, 0.1) is 5.92 Å². The van der Waals surface area contributed by atoms with E-state index in [9.17, 15) is 4.79 Å². The van der Waals surface area contributed by atoms with Crippen molar-refractivity contribution in [1.82, 2.24) is 4.90 Å². The van der Waals surface area contributed by atoms with Crippen molar-refractivity contribution in [1.29, 1.82) is 0 Å². The third-order valence-corrected chi connectivity index (χ3v) is 3.79. The highest BCUT2D eigenvalue weighted by Gasteiger charge is 2.27.